The zero-order valence-electron chi connectivity index (χ0n) is 10.6. The number of carbonyl (C=O) groups is 1. The fourth-order valence-corrected chi connectivity index (χ4v) is 2.58. The Morgan fingerprint density at radius 1 is 1.39 bits per heavy atom. The Morgan fingerprint density at radius 3 is 2.78 bits per heavy atom. The first-order chi connectivity index (χ1) is 8.58. The Morgan fingerprint density at radius 2 is 2.11 bits per heavy atom. The highest BCUT2D eigenvalue weighted by Crippen LogP contribution is 2.24. The molecule has 4 heteroatoms. The van der Waals surface area contributed by atoms with Crippen molar-refractivity contribution in [2.45, 2.75) is 38.6 Å². The third-order valence-electron chi connectivity index (χ3n) is 3.69. The van der Waals surface area contributed by atoms with E-state index in [1.165, 1.54) is 19.3 Å². The van der Waals surface area contributed by atoms with Crippen molar-refractivity contribution in [1.82, 2.24) is 5.32 Å². The van der Waals surface area contributed by atoms with E-state index in [1.807, 2.05) is 0 Å². The fraction of sp³-hybridized carbons (Fsp3) is 0.500. The standard InChI is InChI=1S/C14H19ClN2O/c1-9-4-2-3-5-13(9)17-14(18)10-6-7-11(15)12(16)8-10/h6-9,13H,2-5,16H2,1H3,(H,17,18). The van der Waals surface area contributed by atoms with E-state index in [0.717, 1.165) is 6.42 Å². The van der Waals surface area contributed by atoms with Crippen LogP contribution >= 0.6 is 11.6 Å². The van der Waals surface area contributed by atoms with Crippen LogP contribution in [0.3, 0.4) is 0 Å². The summed E-state index contributed by atoms with van der Waals surface area (Å²) in [5.41, 5.74) is 6.73. The lowest BCUT2D eigenvalue weighted by Crippen LogP contribution is -2.41. The Labute approximate surface area is 113 Å². The van der Waals surface area contributed by atoms with Gasteiger partial charge in [-0.2, -0.15) is 0 Å². The molecule has 98 valence electrons. The highest BCUT2D eigenvalue weighted by Gasteiger charge is 2.23. The molecule has 0 saturated heterocycles. The van der Waals surface area contributed by atoms with E-state index in [2.05, 4.69) is 12.2 Å². The number of nitrogen functional groups attached to an aromatic ring is 1. The lowest BCUT2D eigenvalue weighted by molar-refractivity contribution is 0.0910. The fourth-order valence-electron chi connectivity index (χ4n) is 2.47. The third kappa shape index (κ3) is 2.96. The number of benzene rings is 1. The quantitative estimate of drug-likeness (QED) is 0.808. The van der Waals surface area contributed by atoms with E-state index < -0.39 is 0 Å². The lowest BCUT2D eigenvalue weighted by Gasteiger charge is -2.29. The molecule has 1 aliphatic carbocycles. The number of carbonyl (C=O) groups excluding carboxylic acids is 1. The number of anilines is 1. The van der Waals surface area contributed by atoms with E-state index in [9.17, 15) is 4.79 Å². The Hall–Kier alpha value is -1.22. The summed E-state index contributed by atoms with van der Waals surface area (Å²) in [4.78, 5) is 12.1. The average molecular weight is 267 g/mol. The Bertz CT molecular complexity index is 447. The van der Waals surface area contributed by atoms with Gasteiger partial charge >= 0.3 is 0 Å². The second-order valence-electron chi connectivity index (χ2n) is 5.08. The number of amides is 1. The second kappa shape index (κ2) is 5.61. The molecule has 3 nitrogen and oxygen atoms in total. The first-order valence-corrected chi connectivity index (χ1v) is 6.81. The SMILES string of the molecule is CC1CCCCC1NC(=O)c1ccc(Cl)c(N)c1. The zero-order chi connectivity index (χ0) is 13.1. The summed E-state index contributed by atoms with van der Waals surface area (Å²) in [7, 11) is 0. The van der Waals surface area contributed by atoms with E-state index in [0.29, 0.717) is 22.2 Å². The zero-order valence-corrected chi connectivity index (χ0v) is 11.3. The van der Waals surface area contributed by atoms with Gasteiger partial charge in [0.25, 0.3) is 5.91 Å². The number of hydrogen-bond donors (Lipinski definition) is 2. The van der Waals surface area contributed by atoms with E-state index >= 15 is 0 Å². The van der Waals surface area contributed by atoms with Gasteiger partial charge in [0.05, 0.1) is 10.7 Å². The number of nitrogens with one attached hydrogen (secondary N) is 1. The topological polar surface area (TPSA) is 55.1 Å². The summed E-state index contributed by atoms with van der Waals surface area (Å²) in [6.07, 6.45) is 4.71. The minimum Gasteiger partial charge on any atom is -0.398 e. The summed E-state index contributed by atoms with van der Waals surface area (Å²) in [6, 6.07) is 5.28. The molecule has 0 spiro atoms. The molecule has 1 aromatic rings. The van der Waals surface area contributed by atoms with Crippen LogP contribution in [-0.2, 0) is 0 Å². The van der Waals surface area contributed by atoms with Crippen LogP contribution in [0.25, 0.3) is 0 Å². The van der Waals surface area contributed by atoms with Crippen molar-refractivity contribution in [3.63, 3.8) is 0 Å². The third-order valence-corrected chi connectivity index (χ3v) is 4.03. The average Bonchev–Trinajstić information content (AvgIpc) is 2.35. The van der Waals surface area contributed by atoms with Crippen molar-refractivity contribution in [3.8, 4) is 0 Å². The highest BCUT2D eigenvalue weighted by atomic mass is 35.5. The molecule has 0 radical (unpaired) electrons. The maximum absolute atomic E-state index is 12.1. The van der Waals surface area contributed by atoms with E-state index in [-0.39, 0.29) is 11.9 Å². The highest BCUT2D eigenvalue weighted by molar-refractivity contribution is 6.33. The number of nitrogens with two attached hydrogens (primary N) is 1. The number of halogens is 1. The minimum atomic E-state index is -0.0582. The maximum Gasteiger partial charge on any atom is 0.251 e. The predicted molar refractivity (Wildman–Crippen MR) is 74.8 cm³/mol. The normalized spacial score (nSPS) is 23.7. The van der Waals surface area contributed by atoms with Crippen molar-refractivity contribution >= 4 is 23.2 Å². The van der Waals surface area contributed by atoms with Gasteiger partial charge in [-0.05, 0) is 37.0 Å². The van der Waals surface area contributed by atoms with Gasteiger partial charge in [0.1, 0.15) is 0 Å². The summed E-state index contributed by atoms with van der Waals surface area (Å²) in [5.74, 6) is 0.490. The molecule has 18 heavy (non-hydrogen) atoms. The largest absolute Gasteiger partial charge is 0.398 e. The van der Waals surface area contributed by atoms with Crippen molar-refractivity contribution in [3.05, 3.63) is 28.8 Å². The lowest BCUT2D eigenvalue weighted by atomic mass is 9.86. The van der Waals surface area contributed by atoms with Crippen molar-refractivity contribution < 1.29 is 4.79 Å². The van der Waals surface area contributed by atoms with E-state index in [1.54, 1.807) is 18.2 Å². The number of hydrogen-bond acceptors (Lipinski definition) is 2. The molecule has 2 unspecified atom stereocenters. The summed E-state index contributed by atoms with van der Waals surface area (Å²) in [5, 5.41) is 3.58. The minimum absolute atomic E-state index is 0.0582. The van der Waals surface area contributed by atoms with Crippen molar-refractivity contribution in [2.75, 3.05) is 5.73 Å². The van der Waals surface area contributed by atoms with Gasteiger partial charge in [-0.1, -0.05) is 31.4 Å². The van der Waals surface area contributed by atoms with Crippen LogP contribution in [0, 0.1) is 5.92 Å². The molecule has 0 aliphatic heterocycles. The molecule has 1 amide bonds. The van der Waals surface area contributed by atoms with Crippen LogP contribution in [0.2, 0.25) is 5.02 Å². The molecule has 2 atom stereocenters. The van der Waals surface area contributed by atoms with Gasteiger partial charge in [-0.15, -0.1) is 0 Å². The summed E-state index contributed by atoms with van der Waals surface area (Å²) >= 11 is 5.84. The summed E-state index contributed by atoms with van der Waals surface area (Å²) < 4.78 is 0. The van der Waals surface area contributed by atoms with Crippen LogP contribution in [0.4, 0.5) is 5.69 Å². The first-order valence-electron chi connectivity index (χ1n) is 6.44. The predicted octanol–water partition coefficient (Wildman–Crippen LogP) is 3.23. The molecular weight excluding hydrogens is 248 g/mol. The van der Waals surface area contributed by atoms with Crippen LogP contribution < -0.4 is 11.1 Å². The molecular formula is C14H19ClN2O. The maximum atomic E-state index is 12.1. The molecule has 2 rings (SSSR count). The Balaban J connectivity index is 2.04. The summed E-state index contributed by atoms with van der Waals surface area (Å²) in [6.45, 7) is 2.19. The van der Waals surface area contributed by atoms with Gasteiger partial charge in [0, 0.05) is 11.6 Å². The number of rotatable bonds is 2. The van der Waals surface area contributed by atoms with Crippen LogP contribution in [-0.4, -0.2) is 11.9 Å². The first kappa shape index (κ1) is 13.2. The molecule has 0 aromatic heterocycles. The van der Waals surface area contributed by atoms with Crippen molar-refractivity contribution in [2.24, 2.45) is 5.92 Å². The molecule has 1 saturated carbocycles. The monoisotopic (exact) mass is 266 g/mol. The molecule has 1 aromatic carbocycles. The second-order valence-corrected chi connectivity index (χ2v) is 5.49. The Kier molecular flexibility index (Phi) is 4.12. The van der Waals surface area contributed by atoms with Crippen LogP contribution in [0.1, 0.15) is 43.0 Å². The molecule has 3 N–H and O–H groups in total. The molecule has 1 fully saturated rings. The van der Waals surface area contributed by atoms with Gasteiger partial charge in [-0.3, -0.25) is 4.79 Å². The van der Waals surface area contributed by atoms with Crippen LogP contribution in [0.5, 0.6) is 0 Å². The van der Waals surface area contributed by atoms with E-state index in [4.69, 9.17) is 17.3 Å². The van der Waals surface area contributed by atoms with Gasteiger partial charge in [0.15, 0.2) is 0 Å². The smallest absolute Gasteiger partial charge is 0.251 e. The van der Waals surface area contributed by atoms with Gasteiger partial charge in [-0.25, -0.2) is 0 Å². The van der Waals surface area contributed by atoms with Gasteiger partial charge < -0.3 is 11.1 Å². The molecule has 1 aliphatic rings. The van der Waals surface area contributed by atoms with Crippen LogP contribution in [0.15, 0.2) is 18.2 Å². The molecule has 0 heterocycles. The van der Waals surface area contributed by atoms with Crippen molar-refractivity contribution in [1.29, 1.82) is 0 Å². The molecule has 0 bridgehead atoms. The van der Waals surface area contributed by atoms with Gasteiger partial charge in [0.2, 0.25) is 0 Å².